The summed E-state index contributed by atoms with van der Waals surface area (Å²) in [4.78, 5) is 13.0. The average Bonchev–Trinajstić information content (AvgIpc) is 3.52. The van der Waals surface area contributed by atoms with Gasteiger partial charge in [0.1, 0.15) is 17.6 Å². The molecule has 152 valence electrons. The van der Waals surface area contributed by atoms with Crippen LogP contribution in [0.15, 0.2) is 70.4 Å². The molecule has 0 saturated carbocycles. The molecule has 7 heteroatoms. The van der Waals surface area contributed by atoms with Gasteiger partial charge < -0.3 is 18.6 Å². The van der Waals surface area contributed by atoms with Gasteiger partial charge in [0.25, 0.3) is 5.91 Å². The van der Waals surface area contributed by atoms with Crippen molar-refractivity contribution in [3.8, 4) is 17.2 Å². The van der Waals surface area contributed by atoms with E-state index in [1.165, 1.54) is 10.6 Å². The lowest BCUT2D eigenvalue weighted by molar-refractivity contribution is -0.135. The minimum atomic E-state index is -0.302. The second-order valence-electron chi connectivity index (χ2n) is 7.19. The summed E-state index contributed by atoms with van der Waals surface area (Å²) in [6.45, 7) is 2.07. The van der Waals surface area contributed by atoms with Gasteiger partial charge in [-0.2, -0.15) is 5.10 Å². The van der Waals surface area contributed by atoms with Gasteiger partial charge in [-0.05, 0) is 36.8 Å². The largest absolute Gasteiger partial charge is 0.484 e. The van der Waals surface area contributed by atoms with E-state index >= 15 is 0 Å². The van der Waals surface area contributed by atoms with Gasteiger partial charge in [0.2, 0.25) is 6.79 Å². The topological polar surface area (TPSA) is 73.5 Å². The Morgan fingerprint density at radius 2 is 1.97 bits per heavy atom. The molecule has 1 unspecified atom stereocenters. The van der Waals surface area contributed by atoms with E-state index in [-0.39, 0.29) is 25.3 Å². The normalized spacial score (nSPS) is 17.2. The van der Waals surface area contributed by atoms with Gasteiger partial charge in [-0.15, -0.1) is 0 Å². The first-order valence-corrected chi connectivity index (χ1v) is 9.70. The molecular formula is C23H20N2O5. The maximum Gasteiger partial charge on any atom is 0.281 e. The third-order valence-electron chi connectivity index (χ3n) is 5.13. The molecule has 2 aromatic carbocycles. The molecule has 0 saturated heterocycles. The number of benzene rings is 2. The highest BCUT2D eigenvalue weighted by molar-refractivity contribution is 6.03. The zero-order valence-corrected chi connectivity index (χ0v) is 16.4. The lowest BCUT2D eigenvalue weighted by Gasteiger charge is -2.20. The Morgan fingerprint density at radius 3 is 2.77 bits per heavy atom. The summed E-state index contributed by atoms with van der Waals surface area (Å²) < 4.78 is 21.9. The molecule has 7 nitrogen and oxygen atoms in total. The van der Waals surface area contributed by atoms with Crippen molar-refractivity contribution >= 4 is 11.6 Å². The molecule has 0 aliphatic carbocycles. The molecular weight excluding hydrogens is 384 g/mol. The Hall–Kier alpha value is -3.74. The van der Waals surface area contributed by atoms with E-state index in [2.05, 4.69) is 5.10 Å². The second-order valence-corrected chi connectivity index (χ2v) is 7.19. The van der Waals surface area contributed by atoms with E-state index in [1.807, 2.05) is 43.3 Å². The molecule has 0 bridgehead atoms. The molecule has 0 spiro atoms. The predicted octanol–water partition coefficient (Wildman–Crippen LogP) is 4.07. The van der Waals surface area contributed by atoms with Crippen LogP contribution in [0.2, 0.25) is 0 Å². The van der Waals surface area contributed by atoms with Crippen molar-refractivity contribution in [3.63, 3.8) is 0 Å². The summed E-state index contributed by atoms with van der Waals surface area (Å²) in [5.41, 5.74) is 3.00. The third-order valence-corrected chi connectivity index (χ3v) is 5.13. The summed E-state index contributed by atoms with van der Waals surface area (Å²) in [5, 5.41) is 6.07. The van der Waals surface area contributed by atoms with E-state index in [1.54, 1.807) is 24.5 Å². The van der Waals surface area contributed by atoms with Crippen molar-refractivity contribution in [2.75, 3.05) is 13.4 Å². The van der Waals surface area contributed by atoms with Crippen LogP contribution in [0, 0.1) is 6.92 Å². The zero-order chi connectivity index (χ0) is 20.5. The summed E-state index contributed by atoms with van der Waals surface area (Å²) in [7, 11) is 0. The summed E-state index contributed by atoms with van der Waals surface area (Å²) in [6.07, 6.45) is 2.18. The van der Waals surface area contributed by atoms with E-state index in [9.17, 15) is 4.79 Å². The van der Waals surface area contributed by atoms with Crippen molar-refractivity contribution in [1.82, 2.24) is 5.01 Å². The molecule has 1 aromatic heterocycles. The highest BCUT2D eigenvalue weighted by Crippen LogP contribution is 2.36. The number of rotatable bonds is 5. The number of furan rings is 1. The van der Waals surface area contributed by atoms with Crippen LogP contribution in [0.5, 0.6) is 17.2 Å². The molecule has 0 N–H and O–H groups in total. The van der Waals surface area contributed by atoms with E-state index in [0.717, 1.165) is 11.3 Å². The fraction of sp³-hybridized carbons (Fsp3) is 0.217. The monoisotopic (exact) mass is 404 g/mol. The molecule has 1 atom stereocenters. The molecule has 2 aliphatic rings. The fourth-order valence-corrected chi connectivity index (χ4v) is 3.54. The molecule has 1 amide bonds. The number of hydrogen-bond donors (Lipinski definition) is 0. The number of carbonyl (C=O) groups is 1. The van der Waals surface area contributed by atoms with Crippen LogP contribution in [0.3, 0.4) is 0 Å². The number of ether oxygens (including phenoxy) is 3. The smallest absolute Gasteiger partial charge is 0.281 e. The lowest BCUT2D eigenvalue weighted by Crippen LogP contribution is -2.31. The van der Waals surface area contributed by atoms with Crippen molar-refractivity contribution in [3.05, 3.63) is 77.7 Å². The first-order valence-electron chi connectivity index (χ1n) is 9.70. The van der Waals surface area contributed by atoms with Crippen LogP contribution in [0.4, 0.5) is 0 Å². The Morgan fingerprint density at radius 1 is 1.13 bits per heavy atom. The third kappa shape index (κ3) is 3.50. The van der Waals surface area contributed by atoms with Gasteiger partial charge in [0.05, 0.1) is 12.0 Å². The number of hydrogen-bond acceptors (Lipinski definition) is 6. The SMILES string of the molecule is Cc1ccc(C2=NN(C(=O)COc3ccc4c(c3)OCO4)C(c3ccco3)C2)cc1. The number of amides is 1. The maximum absolute atomic E-state index is 13.0. The molecule has 5 rings (SSSR count). The average molecular weight is 404 g/mol. The maximum atomic E-state index is 13.0. The standard InChI is InChI=1S/C23H20N2O5/c1-15-4-6-16(7-5-15)18-12-19(20-3-2-10-27-20)25(24-18)23(26)13-28-17-8-9-21-22(11-17)30-14-29-21/h2-11,19H,12-14H2,1H3. The van der Waals surface area contributed by atoms with Gasteiger partial charge in [0.15, 0.2) is 18.1 Å². The van der Waals surface area contributed by atoms with Crippen molar-refractivity contribution in [1.29, 1.82) is 0 Å². The molecule has 0 radical (unpaired) electrons. The summed E-state index contributed by atoms with van der Waals surface area (Å²) >= 11 is 0. The fourth-order valence-electron chi connectivity index (χ4n) is 3.54. The van der Waals surface area contributed by atoms with E-state index in [0.29, 0.717) is 29.4 Å². The van der Waals surface area contributed by atoms with Gasteiger partial charge in [-0.25, -0.2) is 5.01 Å². The van der Waals surface area contributed by atoms with Crippen LogP contribution in [-0.4, -0.2) is 30.0 Å². The summed E-state index contributed by atoms with van der Waals surface area (Å²) in [5.74, 6) is 2.24. The lowest BCUT2D eigenvalue weighted by atomic mass is 10.0. The number of aryl methyl sites for hydroxylation is 1. The van der Waals surface area contributed by atoms with Crippen molar-refractivity contribution in [2.45, 2.75) is 19.4 Å². The van der Waals surface area contributed by atoms with Crippen molar-refractivity contribution in [2.24, 2.45) is 5.10 Å². The second kappa shape index (κ2) is 7.59. The number of fused-ring (bicyclic) bond motifs is 1. The van der Waals surface area contributed by atoms with Gasteiger partial charge in [0, 0.05) is 12.5 Å². The predicted molar refractivity (Wildman–Crippen MR) is 109 cm³/mol. The molecule has 0 fully saturated rings. The van der Waals surface area contributed by atoms with Gasteiger partial charge in [-0.1, -0.05) is 29.8 Å². The van der Waals surface area contributed by atoms with Crippen LogP contribution in [0.1, 0.15) is 29.3 Å². The molecule has 30 heavy (non-hydrogen) atoms. The van der Waals surface area contributed by atoms with Gasteiger partial charge >= 0.3 is 0 Å². The Kier molecular flexibility index (Phi) is 4.63. The first-order chi connectivity index (χ1) is 14.7. The highest BCUT2D eigenvalue weighted by atomic mass is 16.7. The van der Waals surface area contributed by atoms with E-state index in [4.69, 9.17) is 18.6 Å². The van der Waals surface area contributed by atoms with Crippen LogP contribution < -0.4 is 14.2 Å². The first kappa shape index (κ1) is 18.3. The van der Waals surface area contributed by atoms with Crippen LogP contribution in [-0.2, 0) is 4.79 Å². The number of nitrogens with zero attached hydrogens (tertiary/aromatic N) is 2. The minimum absolute atomic E-state index is 0.151. The van der Waals surface area contributed by atoms with Crippen LogP contribution >= 0.6 is 0 Å². The zero-order valence-electron chi connectivity index (χ0n) is 16.4. The molecule has 3 aromatic rings. The van der Waals surface area contributed by atoms with E-state index < -0.39 is 0 Å². The number of carbonyl (C=O) groups excluding carboxylic acids is 1. The Balaban J connectivity index is 1.35. The Bertz CT molecular complexity index is 1090. The van der Waals surface area contributed by atoms with Crippen LogP contribution in [0.25, 0.3) is 0 Å². The Labute approximate surface area is 173 Å². The number of hydrazone groups is 1. The molecule has 2 aliphatic heterocycles. The minimum Gasteiger partial charge on any atom is -0.484 e. The van der Waals surface area contributed by atoms with Gasteiger partial charge in [-0.3, -0.25) is 4.79 Å². The van der Waals surface area contributed by atoms with Crippen molar-refractivity contribution < 1.29 is 23.4 Å². The molecule has 3 heterocycles. The quantitative estimate of drug-likeness (QED) is 0.641. The highest BCUT2D eigenvalue weighted by Gasteiger charge is 2.35. The summed E-state index contributed by atoms with van der Waals surface area (Å²) in [6, 6.07) is 16.7.